The summed E-state index contributed by atoms with van der Waals surface area (Å²) in [6, 6.07) is 13.6. The van der Waals surface area contributed by atoms with Gasteiger partial charge in [0.1, 0.15) is 0 Å². The van der Waals surface area contributed by atoms with E-state index in [1.807, 2.05) is 0 Å². The normalized spacial score (nSPS) is 17.2. The second kappa shape index (κ2) is 3.85. The molecular weight excluding hydrogens is 206 g/mol. The lowest BCUT2D eigenvalue weighted by Gasteiger charge is -2.01. The largest absolute Gasteiger partial charge is 0.213 e. The van der Waals surface area contributed by atoms with Crippen molar-refractivity contribution in [2.75, 3.05) is 0 Å². The average molecular weight is 222 g/mol. The first-order valence-electron chi connectivity index (χ1n) is 6.08. The minimum Gasteiger partial charge on any atom is -0.191 e. The van der Waals surface area contributed by atoms with Crippen molar-refractivity contribution >= 4 is 6.08 Å². The molecule has 17 heavy (non-hydrogen) atoms. The summed E-state index contributed by atoms with van der Waals surface area (Å²) in [5.41, 5.74) is 5.40. The van der Waals surface area contributed by atoms with Crippen LogP contribution in [0.15, 0.2) is 48.7 Å². The zero-order chi connectivity index (χ0) is 11.8. The molecule has 1 aliphatic rings. The van der Waals surface area contributed by atoms with Gasteiger partial charge in [0.25, 0.3) is 0 Å². The maximum atomic E-state index is 2.34. The molecule has 1 aromatic carbocycles. The first-order valence-corrected chi connectivity index (χ1v) is 6.08. The lowest BCUT2D eigenvalue weighted by atomic mass is 10.0. The maximum absolute atomic E-state index is 2.34. The highest BCUT2D eigenvalue weighted by Gasteiger charge is 2.32. The summed E-state index contributed by atoms with van der Waals surface area (Å²) in [5, 5.41) is 0. The van der Waals surface area contributed by atoms with Crippen LogP contribution in [0.2, 0.25) is 0 Å². The predicted octanol–water partition coefficient (Wildman–Crippen LogP) is 3.60. The van der Waals surface area contributed by atoms with Gasteiger partial charge in [0.15, 0.2) is 12.2 Å². The van der Waals surface area contributed by atoms with E-state index < -0.39 is 0 Å². The molecule has 0 saturated carbocycles. The molecule has 84 valence electrons. The molecule has 2 aromatic rings. The van der Waals surface area contributed by atoms with Crippen LogP contribution in [-0.4, -0.2) is 0 Å². The quantitative estimate of drug-likeness (QED) is 0.649. The number of hydrogen-bond donors (Lipinski definition) is 0. The summed E-state index contributed by atoms with van der Waals surface area (Å²) in [7, 11) is 0. The molecule has 2 heterocycles. The van der Waals surface area contributed by atoms with E-state index in [4.69, 9.17) is 0 Å². The topological polar surface area (TPSA) is 3.88 Å². The van der Waals surface area contributed by atoms with Gasteiger partial charge < -0.3 is 0 Å². The van der Waals surface area contributed by atoms with Crippen LogP contribution in [0.4, 0.5) is 0 Å². The Bertz CT molecular complexity index is 596. The first kappa shape index (κ1) is 10.3. The van der Waals surface area contributed by atoms with E-state index in [0.29, 0.717) is 6.04 Å². The van der Waals surface area contributed by atoms with Gasteiger partial charge in [-0.2, -0.15) is 4.57 Å². The number of nitrogens with zero attached hydrogens (tertiary/aromatic N) is 1. The lowest BCUT2D eigenvalue weighted by molar-refractivity contribution is -0.694. The molecule has 0 radical (unpaired) electrons. The fourth-order valence-electron chi connectivity index (χ4n) is 2.63. The molecule has 1 atom stereocenters. The number of pyridine rings is 1. The second-order valence-electron chi connectivity index (χ2n) is 4.52. The van der Waals surface area contributed by atoms with Gasteiger partial charge in [-0.1, -0.05) is 18.2 Å². The molecule has 0 saturated heterocycles. The van der Waals surface area contributed by atoms with E-state index in [9.17, 15) is 0 Å². The summed E-state index contributed by atoms with van der Waals surface area (Å²) in [6.45, 7) is 4.31. The van der Waals surface area contributed by atoms with Gasteiger partial charge >= 0.3 is 0 Å². The fourth-order valence-corrected chi connectivity index (χ4v) is 2.63. The van der Waals surface area contributed by atoms with Gasteiger partial charge in [0.2, 0.25) is 5.69 Å². The van der Waals surface area contributed by atoms with Crippen molar-refractivity contribution in [3.63, 3.8) is 0 Å². The lowest BCUT2D eigenvalue weighted by Crippen LogP contribution is -2.35. The molecule has 3 rings (SSSR count). The molecule has 0 amide bonds. The van der Waals surface area contributed by atoms with Crippen molar-refractivity contribution in [2.24, 2.45) is 0 Å². The van der Waals surface area contributed by atoms with E-state index in [0.717, 1.165) is 0 Å². The van der Waals surface area contributed by atoms with E-state index >= 15 is 0 Å². The second-order valence-corrected chi connectivity index (χ2v) is 4.52. The first-order chi connectivity index (χ1) is 8.31. The standard InChI is InChI=1S/C16H16N/c1-3-6-13-8-9-14-15(11-13)12(2)17-10-5-4-7-16(14)17/h3-12H,1-2H3/q+1/b6-3+. The minimum atomic E-state index is 0.436. The Balaban J connectivity index is 2.20. The molecule has 0 N–H and O–H groups in total. The molecule has 1 unspecified atom stereocenters. The highest BCUT2D eigenvalue weighted by Crippen LogP contribution is 2.33. The number of allylic oxidation sites excluding steroid dienone is 1. The molecule has 0 bridgehead atoms. The number of aromatic nitrogens is 1. The van der Waals surface area contributed by atoms with Gasteiger partial charge in [-0.05, 0) is 30.7 Å². The fraction of sp³-hybridized carbons (Fsp3) is 0.188. The predicted molar refractivity (Wildman–Crippen MR) is 70.6 cm³/mol. The van der Waals surface area contributed by atoms with Crippen LogP contribution in [0.3, 0.4) is 0 Å². The van der Waals surface area contributed by atoms with Gasteiger partial charge in [0.05, 0.1) is 5.56 Å². The highest BCUT2D eigenvalue weighted by molar-refractivity contribution is 5.67. The molecule has 0 fully saturated rings. The number of rotatable bonds is 1. The molecule has 0 aliphatic carbocycles. The third kappa shape index (κ3) is 1.50. The summed E-state index contributed by atoms with van der Waals surface area (Å²) >= 11 is 0. The van der Waals surface area contributed by atoms with Crippen LogP contribution in [0, 0.1) is 0 Å². The van der Waals surface area contributed by atoms with E-state index in [2.05, 4.69) is 73.2 Å². The minimum absolute atomic E-state index is 0.436. The highest BCUT2D eigenvalue weighted by atomic mass is 15.0. The summed E-state index contributed by atoms with van der Waals surface area (Å²) < 4.78 is 2.34. The molecule has 1 aromatic heterocycles. The molecule has 1 aliphatic heterocycles. The smallest absolute Gasteiger partial charge is 0.191 e. The van der Waals surface area contributed by atoms with Gasteiger partial charge in [0, 0.05) is 24.6 Å². The number of fused-ring (bicyclic) bond motifs is 3. The molecule has 1 heteroatoms. The Labute approximate surface area is 102 Å². The van der Waals surface area contributed by atoms with Crippen LogP contribution in [-0.2, 0) is 0 Å². The Kier molecular flexibility index (Phi) is 2.32. The zero-order valence-corrected chi connectivity index (χ0v) is 10.2. The summed E-state index contributed by atoms with van der Waals surface area (Å²) in [5.74, 6) is 0. The molecule has 0 spiro atoms. The Morgan fingerprint density at radius 3 is 2.88 bits per heavy atom. The van der Waals surface area contributed by atoms with E-state index in [-0.39, 0.29) is 0 Å². The Morgan fingerprint density at radius 1 is 1.18 bits per heavy atom. The van der Waals surface area contributed by atoms with Gasteiger partial charge in [-0.25, -0.2) is 0 Å². The van der Waals surface area contributed by atoms with Gasteiger partial charge in [-0.15, -0.1) is 0 Å². The maximum Gasteiger partial charge on any atom is 0.213 e. The van der Waals surface area contributed by atoms with Crippen LogP contribution in [0.25, 0.3) is 17.3 Å². The van der Waals surface area contributed by atoms with E-state index in [1.165, 1.54) is 22.4 Å². The Morgan fingerprint density at radius 2 is 2.06 bits per heavy atom. The molecule has 1 nitrogen and oxygen atoms in total. The SMILES string of the molecule is C/C=C/c1ccc2c(c1)C(C)[n+]1ccccc1-2. The van der Waals surface area contributed by atoms with Crippen LogP contribution >= 0.6 is 0 Å². The van der Waals surface area contributed by atoms with Crippen molar-refractivity contribution in [1.29, 1.82) is 0 Å². The monoisotopic (exact) mass is 222 g/mol. The van der Waals surface area contributed by atoms with Crippen molar-refractivity contribution in [3.8, 4) is 11.3 Å². The van der Waals surface area contributed by atoms with Crippen LogP contribution in [0.1, 0.15) is 31.0 Å². The Hall–Kier alpha value is -1.89. The molecular formula is C16H16N+. The van der Waals surface area contributed by atoms with Crippen molar-refractivity contribution in [1.82, 2.24) is 0 Å². The summed E-state index contributed by atoms with van der Waals surface area (Å²) in [4.78, 5) is 0. The van der Waals surface area contributed by atoms with E-state index in [1.54, 1.807) is 0 Å². The van der Waals surface area contributed by atoms with Crippen molar-refractivity contribution in [3.05, 3.63) is 59.8 Å². The third-order valence-corrected chi connectivity index (χ3v) is 3.47. The van der Waals surface area contributed by atoms with Crippen LogP contribution in [0.5, 0.6) is 0 Å². The van der Waals surface area contributed by atoms with Crippen molar-refractivity contribution in [2.45, 2.75) is 19.9 Å². The number of hydrogen-bond acceptors (Lipinski definition) is 0. The zero-order valence-electron chi connectivity index (χ0n) is 10.2. The van der Waals surface area contributed by atoms with Crippen molar-refractivity contribution < 1.29 is 4.57 Å². The average Bonchev–Trinajstić information content (AvgIpc) is 2.65. The third-order valence-electron chi connectivity index (χ3n) is 3.47. The number of benzene rings is 1. The summed E-state index contributed by atoms with van der Waals surface area (Å²) in [6.07, 6.45) is 6.40. The van der Waals surface area contributed by atoms with Crippen LogP contribution < -0.4 is 4.57 Å². The van der Waals surface area contributed by atoms with Gasteiger partial charge in [-0.3, -0.25) is 0 Å².